The minimum absolute atomic E-state index is 0.0277. The average Bonchev–Trinajstić information content (AvgIpc) is 2.90. The van der Waals surface area contributed by atoms with Crippen LogP contribution in [0.4, 0.5) is 0 Å². The zero-order valence-corrected chi connectivity index (χ0v) is 25.9. The van der Waals surface area contributed by atoms with Gasteiger partial charge in [0, 0.05) is 6.42 Å². The molecule has 0 aliphatic carbocycles. The van der Waals surface area contributed by atoms with Gasteiger partial charge in [0.25, 0.3) is 0 Å². The smallest absolute Gasteiger partial charge is 0.305 e. The van der Waals surface area contributed by atoms with Gasteiger partial charge in [-0.1, -0.05) is 194 Å². The first kappa shape index (κ1) is 36.5. The van der Waals surface area contributed by atoms with Crippen molar-refractivity contribution in [2.24, 2.45) is 0 Å². The summed E-state index contributed by atoms with van der Waals surface area (Å²) in [5.74, 6) is 0.0277. The summed E-state index contributed by atoms with van der Waals surface area (Å²) in [6.07, 6.45) is 41.6. The first-order valence-corrected chi connectivity index (χ1v) is 17.5. The lowest BCUT2D eigenvalue weighted by Crippen LogP contribution is -2.05. The Morgan fingerprint density at radius 2 is 0.595 bits per heavy atom. The first-order valence-electron chi connectivity index (χ1n) is 17.5. The molecule has 0 aromatic rings. The van der Waals surface area contributed by atoms with Crippen LogP contribution in [0, 0.1) is 0 Å². The number of unbranched alkanes of at least 4 members (excludes halogenated alkanes) is 28. The summed E-state index contributed by atoms with van der Waals surface area (Å²) in [5.41, 5.74) is 0. The van der Waals surface area contributed by atoms with Crippen molar-refractivity contribution in [1.29, 1.82) is 0 Å². The fourth-order valence-electron chi connectivity index (χ4n) is 5.37. The van der Waals surface area contributed by atoms with Crippen molar-refractivity contribution < 1.29 is 9.53 Å². The number of esters is 1. The molecule has 0 aromatic heterocycles. The molecular weight excluding hydrogens is 452 g/mol. The van der Waals surface area contributed by atoms with Crippen LogP contribution in [0.2, 0.25) is 0 Å². The van der Waals surface area contributed by atoms with E-state index in [2.05, 4.69) is 13.8 Å². The zero-order valence-electron chi connectivity index (χ0n) is 25.9. The summed E-state index contributed by atoms with van der Waals surface area (Å²) < 4.78 is 5.43. The standard InChI is InChI=1S/C35H70O2/c1-3-5-7-9-11-13-15-17-18-19-20-21-23-25-27-29-31-33-35(36)37-34-32-30-28-26-24-22-16-14-12-10-8-6-4-2/h3-34H2,1-2H3. The maximum absolute atomic E-state index is 11.9. The summed E-state index contributed by atoms with van der Waals surface area (Å²) in [6, 6.07) is 0. The number of carbonyl (C=O) groups excluding carboxylic acids is 1. The van der Waals surface area contributed by atoms with Crippen molar-refractivity contribution in [1.82, 2.24) is 0 Å². The van der Waals surface area contributed by atoms with Crippen molar-refractivity contribution in [3.63, 3.8) is 0 Å². The quantitative estimate of drug-likeness (QED) is 0.0648. The molecule has 0 aliphatic heterocycles. The molecule has 0 aliphatic rings. The Morgan fingerprint density at radius 3 is 0.892 bits per heavy atom. The Labute approximate surface area is 234 Å². The van der Waals surface area contributed by atoms with Gasteiger partial charge in [-0.05, 0) is 12.8 Å². The third-order valence-electron chi connectivity index (χ3n) is 8.00. The highest BCUT2D eigenvalue weighted by atomic mass is 16.5. The van der Waals surface area contributed by atoms with Gasteiger partial charge in [-0.2, -0.15) is 0 Å². The SMILES string of the molecule is CCCCCCCCCCCCCCCCCCCC(=O)OCCCCCCCCCCCCCCC. The molecule has 222 valence electrons. The Bertz CT molecular complexity index is 419. The van der Waals surface area contributed by atoms with Crippen LogP contribution in [-0.4, -0.2) is 12.6 Å². The molecule has 0 unspecified atom stereocenters. The molecule has 0 amide bonds. The molecule has 0 heterocycles. The normalized spacial score (nSPS) is 11.3. The van der Waals surface area contributed by atoms with Gasteiger partial charge in [0.05, 0.1) is 6.61 Å². The number of ether oxygens (including phenoxy) is 1. The lowest BCUT2D eigenvalue weighted by atomic mass is 10.0. The van der Waals surface area contributed by atoms with Crippen molar-refractivity contribution in [3.8, 4) is 0 Å². The number of carbonyl (C=O) groups is 1. The van der Waals surface area contributed by atoms with Gasteiger partial charge in [-0.25, -0.2) is 0 Å². The van der Waals surface area contributed by atoms with Gasteiger partial charge in [-0.3, -0.25) is 4.79 Å². The highest BCUT2D eigenvalue weighted by molar-refractivity contribution is 5.69. The Balaban J connectivity index is 3.14. The molecule has 0 spiro atoms. The predicted molar refractivity (Wildman–Crippen MR) is 165 cm³/mol. The molecule has 0 saturated carbocycles. The second kappa shape index (κ2) is 33.5. The minimum atomic E-state index is 0.0277. The van der Waals surface area contributed by atoms with Gasteiger partial charge in [0.2, 0.25) is 0 Å². The van der Waals surface area contributed by atoms with Crippen LogP contribution in [0.1, 0.15) is 213 Å². The number of hydrogen-bond donors (Lipinski definition) is 0. The van der Waals surface area contributed by atoms with Crippen LogP contribution in [-0.2, 0) is 9.53 Å². The predicted octanol–water partition coefficient (Wildman–Crippen LogP) is 12.7. The van der Waals surface area contributed by atoms with E-state index in [-0.39, 0.29) is 5.97 Å². The molecule has 0 radical (unpaired) electrons. The Morgan fingerprint density at radius 1 is 0.351 bits per heavy atom. The maximum atomic E-state index is 11.9. The molecular formula is C35H70O2. The third-order valence-corrected chi connectivity index (χ3v) is 8.00. The summed E-state index contributed by atoms with van der Waals surface area (Å²) in [4.78, 5) is 11.9. The maximum Gasteiger partial charge on any atom is 0.305 e. The lowest BCUT2D eigenvalue weighted by molar-refractivity contribution is -0.143. The minimum Gasteiger partial charge on any atom is -0.466 e. The molecule has 2 nitrogen and oxygen atoms in total. The van der Waals surface area contributed by atoms with E-state index >= 15 is 0 Å². The van der Waals surface area contributed by atoms with E-state index in [9.17, 15) is 4.79 Å². The highest BCUT2D eigenvalue weighted by Gasteiger charge is 2.03. The van der Waals surface area contributed by atoms with Gasteiger partial charge in [-0.15, -0.1) is 0 Å². The van der Waals surface area contributed by atoms with Gasteiger partial charge in [0.15, 0.2) is 0 Å². The van der Waals surface area contributed by atoms with E-state index in [1.54, 1.807) is 0 Å². The molecule has 0 bridgehead atoms. The number of hydrogen-bond acceptors (Lipinski definition) is 2. The van der Waals surface area contributed by atoms with Crippen molar-refractivity contribution in [3.05, 3.63) is 0 Å². The van der Waals surface area contributed by atoms with E-state index in [1.165, 1.54) is 180 Å². The summed E-state index contributed by atoms with van der Waals surface area (Å²) >= 11 is 0. The van der Waals surface area contributed by atoms with Crippen molar-refractivity contribution >= 4 is 5.97 Å². The van der Waals surface area contributed by atoms with Gasteiger partial charge >= 0.3 is 5.97 Å². The Kier molecular flexibility index (Phi) is 33.0. The van der Waals surface area contributed by atoms with E-state index in [0.717, 1.165) is 12.8 Å². The van der Waals surface area contributed by atoms with Crippen LogP contribution >= 0.6 is 0 Å². The summed E-state index contributed by atoms with van der Waals surface area (Å²) in [7, 11) is 0. The highest BCUT2D eigenvalue weighted by Crippen LogP contribution is 2.15. The first-order chi connectivity index (χ1) is 18.3. The molecule has 0 N–H and O–H groups in total. The van der Waals surface area contributed by atoms with Crippen molar-refractivity contribution in [2.45, 2.75) is 213 Å². The van der Waals surface area contributed by atoms with Crippen molar-refractivity contribution in [2.75, 3.05) is 6.61 Å². The molecule has 2 heteroatoms. The van der Waals surface area contributed by atoms with Gasteiger partial charge < -0.3 is 4.74 Å². The summed E-state index contributed by atoms with van der Waals surface area (Å²) in [5, 5.41) is 0. The topological polar surface area (TPSA) is 26.3 Å². The fourth-order valence-corrected chi connectivity index (χ4v) is 5.37. The van der Waals surface area contributed by atoms with Crippen LogP contribution < -0.4 is 0 Å². The van der Waals surface area contributed by atoms with Crippen LogP contribution in [0.15, 0.2) is 0 Å². The lowest BCUT2D eigenvalue weighted by Gasteiger charge is -2.06. The van der Waals surface area contributed by atoms with E-state index in [0.29, 0.717) is 13.0 Å². The second-order valence-corrected chi connectivity index (χ2v) is 11.9. The van der Waals surface area contributed by atoms with E-state index in [1.807, 2.05) is 0 Å². The second-order valence-electron chi connectivity index (χ2n) is 11.9. The molecule has 0 aromatic carbocycles. The Hall–Kier alpha value is -0.530. The molecule has 0 atom stereocenters. The molecule has 0 rings (SSSR count). The molecule has 0 fully saturated rings. The van der Waals surface area contributed by atoms with E-state index < -0.39 is 0 Å². The average molecular weight is 523 g/mol. The largest absolute Gasteiger partial charge is 0.466 e. The molecule has 37 heavy (non-hydrogen) atoms. The summed E-state index contributed by atoms with van der Waals surface area (Å²) in [6.45, 7) is 5.21. The van der Waals surface area contributed by atoms with Gasteiger partial charge in [0.1, 0.15) is 0 Å². The monoisotopic (exact) mass is 523 g/mol. The van der Waals surface area contributed by atoms with Crippen LogP contribution in [0.3, 0.4) is 0 Å². The zero-order chi connectivity index (χ0) is 26.9. The third kappa shape index (κ3) is 33.4. The van der Waals surface area contributed by atoms with E-state index in [4.69, 9.17) is 4.74 Å². The van der Waals surface area contributed by atoms with Crippen LogP contribution in [0.5, 0.6) is 0 Å². The van der Waals surface area contributed by atoms with Crippen LogP contribution in [0.25, 0.3) is 0 Å². The molecule has 0 saturated heterocycles. The fraction of sp³-hybridized carbons (Fsp3) is 0.971. The number of rotatable bonds is 32.